The summed E-state index contributed by atoms with van der Waals surface area (Å²) in [5.74, 6) is 0. The van der Waals surface area contributed by atoms with E-state index < -0.39 is 0 Å². The SMILES string of the molecule is Cc1c(C)c(C(C)(C)C)c(C)c(C)c1C(C)(C)C. The standard InChI is InChI=1S/C18H30/c1-11-12(2)16(18(8,9)10)14(4)13(3)15(11)17(5,6)7/h1-10H3. The molecule has 0 unspecified atom stereocenters. The minimum absolute atomic E-state index is 0.222. The van der Waals surface area contributed by atoms with Gasteiger partial charge in [0.15, 0.2) is 0 Å². The molecule has 0 nitrogen and oxygen atoms in total. The molecule has 0 aliphatic carbocycles. The molecule has 0 fully saturated rings. The third-order valence-electron chi connectivity index (χ3n) is 4.12. The number of rotatable bonds is 0. The summed E-state index contributed by atoms with van der Waals surface area (Å²) in [6, 6.07) is 0. The van der Waals surface area contributed by atoms with E-state index in [-0.39, 0.29) is 10.8 Å². The maximum Gasteiger partial charge on any atom is -0.0126 e. The van der Waals surface area contributed by atoms with E-state index in [1.807, 2.05) is 0 Å². The molecule has 0 aromatic heterocycles. The number of hydrogen-bond donors (Lipinski definition) is 0. The zero-order valence-corrected chi connectivity index (χ0v) is 14.0. The second-order valence-corrected chi connectivity index (χ2v) is 7.75. The van der Waals surface area contributed by atoms with Gasteiger partial charge in [-0.2, -0.15) is 0 Å². The largest absolute Gasteiger partial charge is 0.0561 e. The highest BCUT2D eigenvalue weighted by Gasteiger charge is 2.27. The Morgan fingerprint density at radius 2 is 0.611 bits per heavy atom. The van der Waals surface area contributed by atoms with E-state index in [1.165, 1.54) is 33.4 Å². The lowest BCUT2D eigenvalue weighted by Gasteiger charge is -2.33. The fourth-order valence-corrected chi connectivity index (χ4v) is 3.56. The quantitative estimate of drug-likeness (QED) is 0.566. The Hall–Kier alpha value is -0.780. The van der Waals surface area contributed by atoms with Crippen LogP contribution in [0.15, 0.2) is 0 Å². The molecule has 0 heteroatoms. The van der Waals surface area contributed by atoms with Gasteiger partial charge in [-0.15, -0.1) is 0 Å². The highest BCUT2D eigenvalue weighted by atomic mass is 14.3. The fourth-order valence-electron chi connectivity index (χ4n) is 3.56. The van der Waals surface area contributed by atoms with Crippen molar-refractivity contribution in [1.29, 1.82) is 0 Å². The van der Waals surface area contributed by atoms with Crippen LogP contribution in [-0.4, -0.2) is 0 Å². The van der Waals surface area contributed by atoms with Crippen molar-refractivity contribution in [2.75, 3.05) is 0 Å². The summed E-state index contributed by atoms with van der Waals surface area (Å²) in [5.41, 5.74) is 9.44. The van der Waals surface area contributed by atoms with Crippen molar-refractivity contribution in [3.05, 3.63) is 33.4 Å². The van der Waals surface area contributed by atoms with E-state index in [0.29, 0.717) is 0 Å². The second kappa shape index (κ2) is 4.40. The fraction of sp³-hybridized carbons (Fsp3) is 0.667. The molecular weight excluding hydrogens is 216 g/mol. The minimum atomic E-state index is 0.222. The highest BCUT2D eigenvalue weighted by Crippen LogP contribution is 2.39. The van der Waals surface area contributed by atoms with Crippen LogP contribution in [-0.2, 0) is 10.8 Å². The molecule has 0 atom stereocenters. The summed E-state index contributed by atoms with van der Waals surface area (Å²) in [5, 5.41) is 0. The Morgan fingerprint density at radius 3 is 0.722 bits per heavy atom. The summed E-state index contributed by atoms with van der Waals surface area (Å²) in [7, 11) is 0. The van der Waals surface area contributed by atoms with Crippen molar-refractivity contribution in [1.82, 2.24) is 0 Å². The second-order valence-electron chi connectivity index (χ2n) is 7.75. The smallest absolute Gasteiger partial charge is 0.0126 e. The van der Waals surface area contributed by atoms with E-state index >= 15 is 0 Å². The van der Waals surface area contributed by atoms with Crippen LogP contribution in [0.25, 0.3) is 0 Å². The maximum absolute atomic E-state index is 2.32. The van der Waals surface area contributed by atoms with Crippen molar-refractivity contribution in [3.63, 3.8) is 0 Å². The van der Waals surface area contributed by atoms with E-state index in [2.05, 4.69) is 69.2 Å². The molecule has 0 saturated heterocycles. The van der Waals surface area contributed by atoms with Gasteiger partial charge >= 0.3 is 0 Å². The lowest BCUT2D eigenvalue weighted by molar-refractivity contribution is 0.561. The minimum Gasteiger partial charge on any atom is -0.0561 e. The van der Waals surface area contributed by atoms with Gasteiger partial charge in [-0.3, -0.25) is 0 Å². The Labute approximate surface area is 114 Å². The average Bonchev–Trinajstić information content (AvgIpc) is 2.10. The third-order valence-corrected chi connectivity index (χ3v) is 4.12. The first-order valence-corrected chi connectivity index (χ1v) is 7.00. The van der Waals surface area contributed by atoms with Gasteiger partial charge in [-0.1, -0.05) is 41.5 Å². The molecule has 1 aromatic carbocycles. The van der Waals surface area contributed by atoms with Crippen molar-refractivity contribution in [2.45, 2.75) is 80.1 Å². The van der Waals surface area contributed by atoms with Crippen LogP contribution in [0.5, 0.6) is 0 Å². The summed E-state index contributed by atoms with van der Waals surface area (Å²) in [6.07, 6.45) is 0. The summed E-state index contributed by atoms with van der Waals surface area (Å²) < 4.78 is 0. The molecule has 0 spiro atoms. The molecule has 102 valence electrons. The van der Waals surface area contributed by atoms with Crippen LogP contribution < -0.4 is 0 Å². The molecule has 0 amide bonds. The van der Waals surface area contributed by atoms with Gasteiger partial charge < -0.3 is 0 Å². The average molecular weight is 246 g/mol. The molecule has 18 heavy (non-hydrogen) atoms. The van der Waals surface area contributed by atoms with Gasteiger partial charge in [0.25, 0.3) is 0 Å². The van der Waals surface area contributed by atoms with Gasteiger partial charge in [-0.05, 0) is 71.9 Å². The zero-order chi connectivity index (χ0) is 14.5. The monoisotopic (exact) mass is 246 g/mol. The van der Waals surface area contributed by atoms with E-state index in [9.17, 15) is 0 Å². The van der Waals surface area contributed by atoms with Crippen LogP contribution >= 0.6 is 0 Å². The summed E-state index contributed by atoms with van der Waals surface area (Å²) in [4.78, 5) is 0. The molecule has 1 rings (SSSR count). The lowest BCUT2D eigenvalue weighted by atomic mass is 9.72. The first kappa shape index (κ1) is 15.3. The highest BCUT2D eigenvalue weighted by molar-refractivity contribution is 5.54. The van der Waals surface area contributed by atoms with Gasteiger partial charge in [0.1, 0.15) is 0 Å². The van der Waals surface area contributed by atoms with Crippen molar-refractivity contribution in [3.8, 4) is 0 Å². The first-order chi connectivity index (χ1) is 7.89. The topological polar surface area (TPSA) is 0 Å². The molecular formula is C18H30. The summed E-state index contributed by atoms with van der Waals surface area (Å²) >= 11 is 0. The Bertz CT molecular complexity index is 388. The van der Waals surface area contributed by atoms with Crippen molar-refractivity contribution < 1.29 is 0 Å². The van der Waals surface area contributed by atoms with Crippen LogP contribution in [0, 0.1) is 27.7 Å². The van der Waals surface area contributed by atoms with Gasteiger partial charge in [0, 0.05) is 0 Å². The molecule has 0 bridgehead atoms. The van der Waals surface area contributed by atoms with Gasteiger partial charge in [0.2, 0.25) is 0 Å². The molecule has 0 aliphatic heterocycles. The van der Waals surface area contributed by atoms with Crippen LogP contribution in [0.4, 0.5) is 0 Å². The Kier molecular flexibility index (Phi) is 3.74. The van der Waals surface area contributed by atoms with Crippen LogP contribution in [0.3, 0.4) is 0 Å². The zero-order valence-electron chi connectivity index (χ0n) is 14.0. The molecule has 0 heterocycles. The Morgan fingerprint density at radius 1 is 0.444 bits per heavy atom. The van der Waals surface area contributed by atoms with Crippen molar-refractivity contribution in [2.24, 2.45) is 0 Å². The molecule has 1 aromatic rings. The Balaban J connectivity index is 3.79. The normalized spacial score (nSPS) is 13.0. The van der Waals surface area contributed by atoms with E-state index in [4.69, 9.17) is 0 Å². The van der Waals surface area contributed by atoms with E-state index in [0.717, 1.165) is 0 Å². The predicted molar refractivity (Wildman–Crippen MR) is 82.8 cm³/mol. The molecule has 0 saturated carbocycles. The van der Waals surface area contributed by atoms with Crippen LogP contribution in [0.1, 0.15) is 74.9 Å². The first-order valence-electron chi connectivity index (χ1n) is 7.00. The summed E-state index contributed by atoms with van der Waals surface area (Å²) in [6.45, 7) is 23.1. The lowest BCUT2D eigenvalue weighted by Crippen LogP contribution is -2.22. The van der Waals surface area contributed by atoms with Crippen molar-refractivity contribution >= 4 is 0 Å². The molecule has 0 radical (unpaired) electrons. The van der Waals surface area contributed by atoms with Gasteiger partial charge in [-0.25, -0.2) is 0 Å². The maximum atomic E-state index is 2.32. The number of hydrogen-bond acceptors (Lipinski definition) is 0. The predicted octanol–water partition coefficient (Wildman–Crippen LogP) is 5.52. The molecule has 0 N–H and O–H groups in total. The van der Waals surface area contributed by atoms with Gasteiger partial charge in [0.05, 0.1) is 0 Å². The third kappa shape index (κ3) is 2.48. The van der Waals surface area contributed by atoms with Crippen LogP contribution in [0.2, 0.25) is 0 Å². The van der Waals surface area contributed by atoms with E-state index in [1.54, 1.807) is 0 Å². The molecule has 0 aliphatic rings. The number of benzene rings is 1.